The van der Waals surface area contributed by atoms with Crippen LogP contribution >= 0.6 is 0 Å². The first kappa shape index (κ1) is 15.6. The van der Waals surface area contributed by atoms with E-state index in [0.29, 0.717) is 6.54 Å². The molecule has 6 nitrogen and oxygen atoms in total. The Balaban J connectivity index is 1.89. The predicted octanol–water partition coefficient (Wildman–Crippen LogP) is 3.57. The van der Waals surface area contributed by atoms with Gasteiger partial charge in [0.25, 0.3) is 0 Å². The van der Waals surface area contributed by atoms with Gasteiger partial charge < -0.3 is 14.0 Å². The number of rotatable bonds is 2. The number of imidazole rings is 1. The van der Waals surface area contributed by atoms with Crippen molar-refractivity contribution in [1.82, 2.24) is 14.5 Å². The number of carbonyl (C=O) groups excluding carboxylic acids is 1. The van der Waals surface area contributed by atoms with Crippen molar-refractivity contribution in [2.45, 2.75) is 45.4 Å². The van der Waals surface area contributed by atoms with Crippen molar-refractivity contribution in [3.63, 3.8) is 0 Å². The lowest BCUT2D eigenvalue weighted by Gasteiger charge is -2.29. The van der Waals surface area contributed by atoms with Gasteiger partial charge in [-0.1, -0.05) is 0 Å². The van der Waals surface area contributed by atoms with Crippen LogP contribution in [0.1, 0.15) is 39.8 Å². The van der Waals surface area contributed by atoms with Crippen LogP contribution in [0.3, 0.4) is 0 Å². The van der Waals surface area contributed by atoms with Gasteiger partial charge in [0.05, 0.1) is 24.5 Å². The summed E-state index contributed by atoms with van der Waals surface area (Å²) in [4.78, 5) is 18.7. The van der Waals surface area contributed by atoms with Crippen LogP contribution in [0, 0.1) is 0 Å². The summed E-state index contributed by atoms with van der Waals surface area (Å²) >= 11 is 0. The highest BCUT2D eigenvalue weighted by molar-refractivity contribution is 5.77. The van der Waals surface area contributed by atoms with Gasteiger partial charge in [-0.25, -0.2) is 9.78 Å². The first-order valence-electron chi connectivity index (χ1n) is 7.89. The summed E-state index contributed by atoms with van der Waals surface area (Å²) in [6.07, 6.45) is 3.33. The number of benzene rings is 1. The van der Waals surface area contributed by atoms with E-state index in [9.17, 15) is 4.79 Å². The molecular formula is C17H23N3O3. The van der Waals surface area contributed by atoms with Crippen molar-refractivity contribution in [2.24, 2.45) is 0 Å². The number of methoxy groups -OCH3 is 1. The van der Waals surface area contributed by atoms with Crippen molar-refractivity contribution in [3.05, 3.63) is 24.5 Å². The molecule has 2 heterocycles. The lowest BCUT2D eigenvalue weighted by atomic mass is 10.2. The Morgan fingerprint density at radius 1 is 1.35 bits per heavy atom. The molecule has 1 aromatic heterocycles. The fraction of sp³-hybridized carbons (Fsp3) is 0.529. The van der Waals surface area contributed by atoms with Crippen LogP contribution in [-0.4, -0.2) is 39.8 Å². The van der Waals surface area contributed by atoms with E-state index in [2.05, 4.69) is 4.98 Å². The molecule has 2 aromatic rings. The Morgan fingerprint density at radius 2 is 2.13 bits per heavy atom. The number of hydrogen-bond acceptors (Lipinski definition) is 4. The Labute approximate surface area is 136 Å². The highest BCUT2D eigenvalue weighted by Crippen LogP contribution is 2.32. The number of amides is 1. The largest absolute Gasteiger partial charge is 0.497 e. The first-order valence-corrected chi connectivity index (χ1v) is 7.89. The third-order valence-electron chi connectivity index (χ3n) is 3.95. The van der Waals surface area contributed by atoms with E-state index >= 15 is 0 Å². The third kappa shape index (κ3) is 3.11. The summed E-state index contributed by atoms with van der Waals surface area (Å²) in [5, 5.41) is 0. The molecule has 23 heavy (non-hydrogen) atoms. The molecule has 0 saturated carbocycles. The van der Waals surface area contributed by atoms with E-state index in [1.165, 1.54) is 0 Å². The predicted molar refractivity (Wildman–Crippen MR) is 87.5 cm³/mol. The summed E-state index contributed by atoms with van der Waals surface area (Å²) in [7, 11) is 1.64. The second-order valence-electron chi connectivity index (χ2n) is 6.80. The normalized spacial score (nSPS) is 18.4. The van der Waals surface area contributed by atoms with Gasteiger partial charge in [0.2, 0.25) is 0 Å². The van der Waals surface area contributed by atoms with Crippen molar-refractivity contribution < 1.29 is 14.3 Å². The first-order chi connectivity index (χ1) is 10.9. The molecule has 1 aromatic carbocycles. The SMILES string of the molecule is COc1ccc2c(c1)ncn2C1CCCN1C(=O)OC(C)(C)C. The fourth-order valence-electron chi connectivity index (χ4n) is 2.95. The van der Waals surface area contributed by atoms with E-state index in [1.807, 2.05) is 43.5 Å². The lowest BCUT2D eigenvalue weighted by Crippen LogP contribution is -2.38. The quantitative estimate of drug-likeness (QED) is 0.849. The summed E-state index contributed by atoms with van der Waals surface area (Å²) < 4.78 is 12.8. The molecule has 1 aliphatic rings. The number of nitrogens with zero attached hydrogens (tertiary/aromatic N) is 3. The molecule has 1 atom stereocenters. The minimum Gasteiger partial charge on any atom is -0.497 e. The zero-order valence-corrected chi connectivity index (χ0v) is 14.1. The highest BCUT2D eigenvalue weighted by atomic mass is 16.6. The van der Waals surface area contributed by atoms with E-state index in [1.54, 1.807) is 18.3 Å². The molecular weight excluding hydrogens is 294 g/mol. The molecule has 6 heteroatoms. The van der Waals surface area contributed by atoms with Gasteiger partial charge in [-0.2, -0.15) is 0 Å². The van der Waals surface area contributed by atoms with E-state index < -0.39 is 5.60 Å². The smallest absolute Gasteiger partial charge is 0.411 e. The van der Waals surface area contributed by atoms with Gasteiger partial charge in [0, 0.05) is 12.6 Å². The summed E-state index contributed by atoms with van der Waals surface area (Å²) in [5.74, 6) is 0.776. The summed E-state index contributed by atoms with van der Waals surface area (Å²) in [5.41, 5.74) is 1.36. The summed E-state index contributed by atoms with van der Waals surface area (Å²) in [6.45, 7) is 6.36. The monoisotopic (exact) mass is 317 g/mol. The second kappa shape index (κ2) is 5.76. The maximum atomic E-state index is 12.5. The van der Waals surface area contributed by atoms with Crippen LogP contribution in [0.15, 0.2) is 24.5 Å². The van der Waals surface area contributed by atoms with E-state index in [0.717, 1.165) is 29.6 Å². The van der Waals surface area contributed by atoms with Gasteiger partial charge >= 0.3 is 6.09 Å². The zero-order valence-electron chi connectivity index (χ0n) is 14.1. The number of aromatic nitrogens is 2. The van der Waals surface area contributed by atoms with E-state index in [4.69, 9.17) is 9.47 Å². The Kier molecular flexibility index (Phi) is 3.92. The molecule has 0 N–H and O–H groups in total. The van der Waals surface area contributed by atoms with Crippen molar-refractivity contribution in [3.8, 4) is 5.75 Å². The molecule has 124 valence electrons. The number of fused-ring (bicyclic) bond motifs is 1. The number of ether oxygens (including phenoxy) is 2. The van der Waals surface area contributed by atoms with Gasteiger partial charge in [0.15, 0.2) is 0 Å². The standard InChI is InChI=1S/C17H23N3O3/c1-17(2,3)23-16(21)19-9-5-6-15(19)20-11-18-13-10-12(22-4)7-8-14(13)20/h7-8,10-11,15H,5-6,9H2,1-4H3. The third-order valence-corrected chi connectivity index (χ3v) is 3.95. The van der Waals surface area contributed by atoms with E-state index in [-0.39, 0.29) is 12.3 Å². The maximum Gasteiger partial charge on any atom is 0.411 e. The molecule has 1 saturated heterocycles. The minimum atomic E-state index is -0.491. The molecule has 0 bridgehead atoms. The van der Waals surface area contributed by atoms with Crippen LogP contribution in [0.25, 0.3) is 11.0 Å². The summed E-state index contributed by atoms with van der Waals surface area (Å²) in [6, 6.07) is 5.79. The molecule has 1 amide bonds. The molecule has 1 unspecified atom stereocenters. The van der Waals surface area contributed by atoms with Gasteiger partial charge in [-0.3, -0.25) is 4.90 Å². The molecule has 0 aliphatic carbocycles. The Bertz CT molecular complexity index is 717. The number of carbonyl (C=O) groups is 1. The molecule has 1 fully saturated rings. The van der Waals surface area contributed by atoms with Crippen molar-refractivity contribution >= 4 is 17.1 Å². The second-order valence-corrected chi connectivity index (χ2v) is 6.80. The Morgan fingerprint density at radius 3 is 2.83 bits per heavy atom. The van der Waals surface area contributed by atoms with Crippen molar-refractivity contribution in [2.75, 3.05) is 13.7 Å². The van der Waals surface area contributed by atoms with Crippen LogP contribution in [0.2, 0.25) is 0 Å². The van der Waals surface area contributed by atoms with Gasteiger partial charge in [0.1, 0.15) is 17.5 Å². The lowest BCUT2D eigenvalue weighted by molar-refractivity contribution is 0.0167. The molecule has 0 spiro atoms. The van der Waals surface area contributed by atoms with Crippen LogP contribution in [0.4, 0.5) is 4.79 Å². The van der Waals surface area contributed by atoms with Gasteiger partial charge in [-0.15, -0.1) is 0 Å². The average molecular weight is 317 g/mol. The minimum absolute atomic E-state index is 0.0526. The number of hydrogen-bond donors (Lipinski definition) is 0. The fourth-order valence-corrected chi connectivity index (χ4v) is 2.95. The van der Waals surface area contributed by atoms with Crippen LogP contribution in [0.5, 0.6) is 5.75 Å². The maximum absolute atomic E-state index is 12.5. The zero-order chi connectivity index (χ0) is 16.6. The van der Waals surface area contributed by atoms with Gasteiger partial charge in [-0.05, 0) is 45.7 Å². The topological polar surface area (TPSA) is 56.6 Å². The van der Waals surface area contributed by atoms with Crippen LogP contribution in [-0.2, 0) is 4.74 Å². The molecule has 1 aliphatic heterocycles. The van der Waals surface area contributed by atoms with Crippen LogP contribution < -0.4 is 4.74 Å². The van der Waals surface area contributed by atoms with Crippen molar-refractivity contribution in [1.29, 1.82) is 0 Å². The average Bonchev–Trinajstić information content (AvgIpc) is 3.10. The number of likely N-dealkylation sites (tertiary alicyclic amines) is 1. The molecule has 3 rings (SSSR count). The Hall–Kier alpha value is -2.24. The molecule has 0 radical (unpaired) electrons. The highest BCUT2D eigenvalue weighted by Gasteiger charge is 2.33.